The number of aromatic nitrogens is 2. The minimum absolute atomic E-state index is 0.0278. The van der Waals surface area contributed by atoms with Crippen LogP contribution in [-0.4, -0.2) is 40.2 Å². The highest BCUT2D eigenvalue weighted by atomic mass is 32.1. The fourth-order valence-electron chi connectivity index (χ4n) is 3.84. The van der Waals surface area contributed by atoms with Gasteiger partial charge in [-0.3, -0.25) is 9.69 Å². The van der Waals surface area contributed by atoms with E-state index in [-0.39, 0.29) is 22.1 Å². The summed E-state index contributed by atoms with van der Waals surface area (Å²) in [5.74, 6) is 0.0374. The molecular weight excluding hydrogens is 457 g/mol. The average molecular weight is 480 g/mol. The Morgan fingerprint density at radius 3 is 2.59 bits per heavy atom. The lowest BCUT2D eigenvalue weighted by Gasteiger charge is -2.29. The zero-order valence-electron chi connectivity index (χ0n) is 18.8. The highest BCUT2D eigenvalue weighted by Gasteiger charge is 2.51. The van der Waals surface area contributed by atoms with E-state index in [0.29, 0.717) is 24.5 Å². The predicted octanol–water partition coefficient (Wildman–Crippen LogP) is 3.97. The molecule has 8 nitrogen and oxygen atoms in total. The normalized spacial score (nSPS) is 14.9. The van der Waals surface area contributed by atoms with E-state index in [1.54, 1.807) is 55.4 Å². The maximum absolute atomic E-state index is 15.2. The van der Waals surface area contributed by atoms with Gasteiger partial charge in [0.1, 0.15) is 23.2 Å². The number of H-pyrrole nitrogens is 1. The predicted molar refractivity (Wildman–Crippen MR) is 129 cm³/mol. The third kappa shape index (κ3) is 3.95. The van der Waals surface area contributed by atoms with Crippen molar-refractivity contribution in [3.8, 4) is 17.6 Å². The van der Waals surface area contributed by atoms with E-state index in [1.165, 1.54) is 19.2 Å². The Kier molecular flexibility index (Phi) is 6.22. The Morgan fingerprint density at radius 1 is 1.24 bits per heavy atom. The molecule has 0 spiro atoms. The number of carbonyl (C=O) groups excluding carboxylic acids is 1. The van der Waals surface area contributed by atoms with Crippen molar-refractivity contribution >= 4 is 34.6 Å². The van der Waals surface area contributed by atoms with Gasteiger partial charge in [0, 0.05) is 24.5 Å². The first-order chi connectivity index (χ1) is 16.3. The van der Waals surface area contributed by atoms with Gasteiger partial charge >= 0.3 is 0 Å². The lowest BCUT2D eigenvalue weighted by atomic mass is 10.0. The second kappa shape index (κ2) is 9.11. The molecule has 174 valence electrons. The highest BCUT2D eigenvalue weighted by Crippen LogP contribution is 2.40. The van der Waals surface area contributed by atoms with Gasteiger partial charge in [0.2, 0.25) is 0 Å². The van der Waals surface area contributed by atoms with Gasteiger partial charge in [0.15, 0.2) is 16.7 Å². The van der Waals surface area contributed by atoms with E-state index in [1.807, 2.05) is 6.07 Å². The van der Waals surface area contributed by atoms with E-state index < -0.39 is 17.3 Å². The van der Waals surface area contributed by atoms with Crippen molar-refractivity contribution in [2.45, 2.75) is 25.8 Å². The van der Waals surface area contributed by atoms with Crippen LogP contribution >= 0.6 is 12.2 Å². The largest absolute Gasteiger partial charge is 0.493 e. The van der Waals surface area contributed by atoms with E-state index in [4.69, 9.17) is 21.7 Å². The number of halogens is 1. The van der Waals surface area contributed by atoms with E-state index in [2.05, 4.69) is 9.97 Å². The molecule has 0 radical (unpaired) electrons. The van der Waals surface area contributed by atoms with Crippen molar-refractivity contribution in [1.82, 2.24) is 9.97 Å². The Balaban J connectivity index is 1.58. The quantitative estimate of drug-likeness (QED) is 0.513. The van der Waals surface area contributed by atoms with Crippen LogP contribution in [0.3, 0.4) is 0 Å². The molecule has 1 aromatic heterocycles. The van der Waals surface area contributed by atoms with Gasteiger partial charge in [-0.1, -0.05) is 0 Å². The van der Waals surface area contributed by atoms with Gasteiger partial charge in [0.05, 0.1) is 25.0 Å². The highest BCUT2D eigenvalue weighted by molar-refractivity contribution is 7.81. The number of ether oxygens (including phenoxy) is 2. The molecule has 1 aliphatic heterocycles. The summed E-state index contributed by atoms with van der Waals surface area (Å²) in [4.78, 5) is 23.3. The molecule has 34 heavy (non-hydrogen) atoms. The molecule has 0 bridgehead atoms. The monoisotopic (exact) mass is 479 g/mol. The fourth-order valence-corrected chi connectivity index (χ4v) is 4.35. The van der Waals surface area contributed by atoms with Crippen LogP contribution in [0.4, 0.5) is 15.8 Å². The van der Waals surface area contributed by atoms with Crippen molar-refractivity contribution in [3.63, 3.8) is 0 Å². The molecule has 1 fully saturated rings. The van der Waals surface area contributed by atoms with Gasteiger partial charge < -0.3 is 19.4 Å². The van der Waals surface area contributed by atoms with Crippen molar-refractivity contribution in [3.05, 3.63) is 66.0 Å². The summed E-state index contributed by atoms with van der Waals surface area (Å²) in [7, 11) is 1.27. The van der Waals surface area contributed by atoms with Crippen molar-refractivity contribution in [2.75, 3.05) is 23.5 Å². The van der Waals surface area contributed by atoms with Crippen LogP contribution < -0.4 is 19.3 Å². The van der Waals surface area contributed by atoms with E-state index >= 15 is 4.39 Å². The van der Waals surface area contributed by atoms with E-state index in [0.717, 1.165) is 10.7 Å². The van der Waals surface area contributed by atoms with Gasteiger partial charge in [-0.25, -0.2) is 9.37 Å². The Morgan fingerprint density at radius 2 is 1.97 bits per heavy atom. The minimum Gasteiger partial charge on any atom is -0.493 e. The lowest BCUT2D eigenvalue weighted by Crippen LogP contribution is -2.44. The number of hydrogen-bond acceptors (Lipinski definition) is 6. The summed E-state index contributed by atoms with van der Waals surface area (Å²) in [5, 5.41) is 9.32. The number of nitrogens with one attached hydrogen (secondary N) is 1. The summed E-state index contributed by atoms with van der Waals surface area (Å²) >= 11 is 5.62. The summed E-state index contributed by atoms with van der Waals surface area (Å²) in [6.45, 7) is 3.88. The first-order valence-electron chi connectivity index (χ1n) is 10.5. The van der Waals surface area contributed by atoms with E-state index in [9.17, 15) is 10.1 Å². The second-order valence-corrected chi connectivity index (χ2v) is 8.40. The first-order valence-corrected chi connectivity index (χ1v) is 10.9. The minimum atomic E-state index is -1.08. The van der Waals surface area contributed by atoms with Crippen LogP contribution in [0.25, 0.3) is 0 Å². The molecule has 0 saturated carbocycles. The Labute approximate surface area is 201 Å². The van der Waals surface area contributed by atoms with Crippen molar-refractivity contribution < 1.29 is 18.7 Å². The summed E-state index contributed by atoms with van der Waals surface area (Å²) in [6, 6.07) is 11.8. The molecule has 10 heteroatoms. The molecule has 1 aliphatic rings. The zero-order chi connectivity index (χ0) is 24.5. The number of hydrogen-bond donors (Lipinski definition) is 1. The second-order valence-electron chi connectivity index (χ2n) is 8.04. The molecule has 0 aliphatic carbocycles. The summed E-state index contributed by atoms with van der Waals surface area (Å²) in [5.41, 5.74) is -0.462. The van der Waals surface area contributed by atoms with Gasteiger partial charge in [0.25, 0.3) is 5.91 Å². The number of thiocarbonyl (C=S) groups is 1. The van der Waals surface area contributed by atoms with Gasteiger partial charge in [-0.15, -0.1) is 0 Å². The van der Waals surface area contributed by atoms with Gasteiger partial charge in [-0.05, 0) is 62.5 Å². The summed E-state index contributed by atoms with van der Waals surface area (Å²) < 4.78 is 26.0. The molecular formula is C24H22FN5O3S. The molecule has 2 aromatic carbocycles. The van der Waals surface area contributed by atoms with Gasteiger partial charge in [-0.2, -0.15) is 5.26 Å². The van der Waals surface area contributed by atoms with Crippen molar-refractivity contribution in [1.29, 1.82) is 5.26 Å². The molecule has 0 atom stereocenters. The molecule has 1 amide bonds. The zero-order valence-corrected chi connectivity index (χ0v) is 19.6. The number of anilines is 2. The van der Waals surface area contributed by atoms with Crippen LogP contribution in [-0.2, 0) is 11.2 Å². The number of carbonyl (C=O) groups is 1. The number of aromatic amines is 1. The third-order valence-electron chi connectivity index (χ3n) is 5.57. The van der Waals surface area contributed by atoms with Crippen LogP contribution in [0.2, 0.25) is 0 Å². The Hall–Kier alpha value is -3.97. The Bertz CT molecular complexity index is 1270. The van der Waals surface area contributed by atoms with Crippen LogP contribution in [0.5, 0.6) is 11.5 Å². The third-order valence-corrected chi connectivity index (χ3v) is 5.93. The summed E-state index contributed by atoms with van der Waals surface area (Å²) in [6.07, 6.45) is 4.09. The molecule has 1 N–H and O–H groups in total. The topological polar surface area (TPSA) is 94.5 Å². The number of methoxy groups -OCH3 is 1. The maximum atomic E-state index is 15.2. The SMILES string of the molecule is COc1c(C#N)ccc(N2C(=O)C(C)(C)N(c3ccc(OCCc4ncc[nH]4)cc3)C2=S)c1F. The number of amides is 1. The smallest absolute Gasteiger partial charge is 0.259 e. The molecule has 2 heterocycles. The van der Waals surface area contributed by atoms with Crippen LogP contribution in [0.15, 0.2) is 48.8 Å². The van der Waals surface area contributed by atoms with Crippen LogP contribution in [0.1, 0.15) is 25.2 Å². The molecule has 3 aromatic rings. The lowest BCUT2D eigenvalue weighted by molar-refractivity contribution is -0.120. The van der Waals surface area contributed by atoms with Crippen LogP contribution in [0, 0.1) is 17.1 Å². The number of nitrogens with zero attached hydrogens (tertiary/aromatic N) is 4. The molecule has 1 saturated heterocycles. The van der Waals surface area contributed by atoms with Crippen molar-refractivity contribution in [2.24, 2.45) is 0 Å². The number of rotatable bonds is 7. The number of nitriles is 1. The maximum Gasteiger partial charge on any atom is 0.259 e. The standard InChI is InChI=1S/C24H22FN5O3S/c1-24(2)22(31)29(18-9-4-15(14-26)21(32-3)20(18)25)23(34)30(24)16-5-7-17(8-6-16)33-13-10-19-27-11-12-28-19/h4-9,11-12H,10,13H2,1-3H3,(H,27,28). The number of benzene rings is 2. The first kappa shape index (κ1) is 23.2. The average Bonchev–Trinajstić information content (AvgIpc) is 3.39. The molecule has 4 rings (SSSR count). The fraction of sp³-hybridized carbons (Fsp3) is 0.250. The molecule has 0 unspecified atom stereocenters. The number of imidazole rings is 1.